The Morgan fingerprint density at radius 3 is 2.48 bits per heavy atom. The number of ether oxygens (including phenoxy) is 1. The molecule has 4 heteroatoms. The van der Waals surface area contributed by atoms with Gasteiger partial charge in [0.2, 0.25) is 0 Å². The SMILES string of the molecule is CC1C[C@@]2(C)C(=CC1=O)CC[C@H]1[C@@H]3CC[C@H](C(=O)COC(=O)C(C)(C)C)[C@@]3(C)CC[C@@H]12. The van der Waals surface area contributed by atoms with E-state index >= 15 is 0 Å². The first-order valence-electron chi connectivity index (χ1n) is 12.3. The molecule has 3 fully saturated rings. The lowest BCUT2D eigenvalue weighted by Crippen LogP contribution is -2.52. The lowest BCUT2D eigenvalue weighted by atomic mass is 9.46. The number of rotatable bonds is 3. The van der Waals surface area contributed by atoms with E-state index in [-0.39, 0.29) is 41.0 Å². The summed E-state index contributed by atoms with van der Waals surface area (Å²) in [7, 11) is 0. The van der Waals surface area contributed by atoms with Crippen molar-refractivity contribution >= 4 is 17.5 Å². The highest BCUT2D eigenvalue weighted by atomic mass is 16.5. The Hall–Kier alpha value is -1.45. The van der Waals surface area contributed by atoms with Gasteiger partial charge in [0.15, 0.2) is 11.6 Å². The molecule has 4 aliphatic rings. The van der Waals surface area contributed by atoms with Gasteiger partial charge in [-0.2, -0.15) is 0 Å². The fourth-order valence-corrected chi connectivity index (χ4v) is 7.88. The quantitative estimate of drug-likeness (QED) is 0.554. The molecule has 0 heterocycles. The Morgan fingerprint density at radius 1 is 1.10 bits per heavy atom. The van der Waals surface area contributed by atoms with E-state index in [0.29, 0.717) is 23.5 Å². The van der Waals surface area contributed by atoms with Gasteiger partial charge in [-0.15, -0.1) is 0 Å². The third-order valence-electron chi connectivity index (χ3n) is 9.62. The van der Waals surface area contributed by atoms with Crippen LogP contribution in [0.4, 0.5) is 0 Å². The number of fused-ring (bicyclic) bond motifs is 5. The van der Waals surface area contributed by atoms with E-state index in [1.165, 1.54) is 5.57 Å². The number of hydrogen-bond acceptors (Lipinski definition) is 4. The number of ketones is 2. The van der Waals surface area contributed by atoms with E-state index in [9.17, 15) is 14.4 Å². The number of carbonyl (C=O) groups excluding carboxylic acids is 3. The van der Waals surface area contributed by atoms with Crippen molar-refractivity contribution in [3.05, 3.63) is 11.6 Å². The van der Waals surface area contributed by atoms with Gasteiger partial charge in [0.1, 0.15) is 6.61 Å². The molecule has 0 aromatic heterocycles. The highest BCUT2D eigenvalue weighted by molar-refractivity contribution is 5.93. The molecule has 0 bridgehead atoms. The Morgan fingerprint density at radius 2 is 1.81 bits per heavy atom. The van der Waals surface area contributed by atoms with Crippen LogP contribution in [0.1, 0.15) is 86.5 Å². The summed E-state index contributed by atoms with van der Waals surface area (Å²) in [6.07, 6.45) is 9.36. The Bertz CT molecular complexity index is 818. The molecule has 4 nitrogen and oxygen atoms in total. The van der Waals surface area contributed by atoms with Crippen LogP contribution >= 0.6 is 0 Å². The standard InChI is InChI=1S/C27H40O4/c1-16-14-27(6)17(13-22(16)28)7-8-18-19-9-10-21(26(19,5)12-11-20(18)27)23(29)15-31-24(30)25(2,3)4/h13,16,18-21H,7-12,14-15H2,1-6H3/t16?,18-,19-,20-,21+,26-,27-/m0/s1. The molecule has 172 valence electrons. The van der Waals surface area contributed by atoms with Crippen LogP contribution in [0.2, 0.25) is 0 Å². The summed E-state index contributed by atoms with van der Waals surface area (Å²) in [4.78, 5) is 37.6. The smallest absolute Gasteiger partial charge is 0.311 e. The van der Waals surface area contributed by atoms with Crippen LogP contribution in [0.5, 0.6) is 0 Å². The molecule has 0 spiro atoms. The van der Waals surface area contributed by atoms with Crippen LogP contribution < -0.4 is 0 Å². The second-order valence-electron chi connectivity index (χ2n) is 12.5. The minimum absolute atomic E-state index is 0.00261. The number of allylic oxidation sites excluding steroid dienone is 1. The predicted octanol–water partition coefficient (Wildman–Crippen LogP) is 5.54. The number of Topliss-reactive ketones (excluding diaryl/α,β-unsaturated/α-hetero) is 1. The zero-order valence-corrected chi connectivity index (χ0v) is 20.3. The van der Waals surface area contributed by atoms with E-state index in [2.05, 4.69) is 20.8 Å². The van der Waals surface area contributed by atoms with E-state index in [4.69, 9.17) is 4.74 Å². The summed E-state index contributed by atoms with van der Waals surface area (Å²) < 4.78 is 5.39. The molecule has 0 amide bonds. The molecule has 31 heavy (non-hydrogen) atoms. The van der Waals surface area contributed by atoms with Crippen molar-refractivity contribution in [2.24, 2.45) is 45.8 Å². The lowest BCUT2D eigenvalue weighted by Gasteiger charge is -2.58. The maximum Gasteiger partial charge on any atom is 0.311 e. The topological polar surface area (TPSA) is 60.4 Å². The lowest BCUT2D eigenvalue weighted by molar-refractivity contribution is -0.158. The first kappa shape index (κ1) is 22.7. The molecular formula is C27H40O4. The molecule has 4 rings (SSSR count). The van der Waals surface area contributed by atoms with Gasteiger partial charge in [-0.25, -0.2) is 0 Å². The molecule has 0 aliphatic heterocycles. The van der Waals surface area contributed by atoms with E-state index in [1.807, 2.05) is 26.8 Å². The Kier molecular flexibility index (Phi) is 5.54. The number of hydrogen-bond donors (Lipinski definition) is 0. The second-order valence-corrected chi connectivity index (χ2v) is 12.5. The van der Waals surface area contributed by atoms with Gasteiger partial charge in [0.05, 0.1) is 5.41 Å². The van der Waals surface area contributed by atoms with E-state index in [0.717, 1.165) is 44.9 Å². The second kappa shape index (κ2) is 7.56. The molecule has 4 aliphatic carbocycles. The van der Waals surface area contributed by atoms with Crippen molar-refractivity contribution in [1.82, 2.24) is 0 Å². The highest BCUT2D eigenvalue weighted by Crippen LogP contribution is 2.66. The zero-order chi connectivity index (χ0) is 22.8. The van der Waals surface area contributed by atoms with Gasteiger partial charge in [-0.05, 0) is 100 Å². The first-order chi connectivity index (χ1) is 14.4. The summed E-state index contributed by atoms with van der Waals surface area (Å²) in [5.74, 6) is 2.06. The molecule has 1 unspecified atom stereocenters. The van der Waals surface area contributed by atoms with Gasteiger partial charge in [-0.3, -0.25) is 14.4 Å². The minimum Gasteiger partial charge on any atom is -0.457 e. The van der Waals surface area contributed by atoms with Crippen LogP contribution in [0.3, 0.4) is 0 Å². The first-order valence-corrected chi connectivity index (χ1v) is 12.3. The summed E-state index contributed by atoms with van der Waals surface area (Å²) in [6.45, 7) is 12.2. The van der Waals surface area contributed by atoms with Crippen LogP contribution in [0.15, 0.2) is 11.6 Å². The fraction of sp³-hybridized carbons (Fsp3) is 0.815. The fourth-order valence-electron chi connectivity index (χ4n) is 7.88. The van der Waals surface area contributed by atoms with Crippen molar-refractivity contribution in [3.8, 4) is 0 Å². The average Bonchev–Trinajstić information content (AvgIpc) is 3.03. The maximum absolute atomic E-state index is 13.1. The van der Waals surface area contributed by atoms with Gasteiger partial charge in [-0.1, -0.05) is 26.3 Å². The Labute approximate surface area is 187 Å². The number of carbonyl (C=O) groups is 3. The molecule has 0 aromatic carbocycles. The van der Waals surface area contributed by atoms with Crippen LogP contribution in [-0.4, -0.2) is 24.1 Å². The summed E-state index contributed by atoms with van der Waals surface area (Å²) >= 11 is 0. The van der Waals surface area contributed by atoms with Crippen molar-refractivity contribution < 1.29 is 19.1 Å². The molecule has 0 aromatic rings. The van der Waals surface area contributed by atoms with Crippen LogP contribution in [0, 0.1) is 45.8 Å². The minimum atomic E-state index is -0.582. The van der Waals surface area contributed by atoms with Gasteiger partial charge in [0, 0.05) is 11.8 Å². The van der Waals surface area contributed by atoms with Crippen molar-refractivity contribution in [2.45, 2.75) is 86.5 Å². The Balaban J connectivity index is 1.50. The summed E-state index contributed by atoms with van der Waals surface area (Å²) in [5.41, 5.74) is 0.962. The third kappa shape index (κ3) is 3.62. The molecule has 7 atom stereocenters. The van der Waals surface area contributed by atoms with E-state index in [1.54, 1.807) is 0 Å². The van der Waals surface area contributed by atoms with Crippen LogP contribution in [0.25, 0.3) is 0 Å². The van der Waals surface area contributed by atoms with Gasteiger partial charge in [0.25, 0.3) is 0 Å². The normalized spacial score (nSPS) is 42.2. The highest BCUT2D eigenvalue weighted by Gasteiger charge is 2.60. The third-order valence-corrected chi connectivity index (χ3v) is 9.62. The summed E-state index contributed by atoms with van der Waals surface area (Å²) in [6, 6.07) is 0. The number of esters is 1. The van der Waals surface area contributed by atoms with Crippen molar-refractivity contribution in [1.29, 1.82) is 0 Å². The predicted molar refractivity (Wildman–Crippen MR) is 120 cm³/mol. The van der Waals surface area contributed by atoms with E-state index < -0.39 is 5.41 Å². The monoisotopic (exact) mass is 428 g/mol. The molecule has 3 saturated carbocycles. The molecule has 0 saturated heterocycles. The maximum atomic E-state index is 13.1. The molecule has 0 N–H and O–H groups in total. The van der Waals surface area contributed by atoms with Crippen molar-refractivity contribution in [3.63, 3.8) is 0 Å². The molecule has 0 radical (unpaired) electrons. The van der Waals surface area contributed by atoms with Gasteiger partial charge < -0.3 is 4.74 Å². The van der Waals surface area contributed by atoms with Gasteiger partial charge >= 0.3 is 5.97 Å². The van der Waals surface area contributed by atoms with Crippen LogP contribution in [-0.2, 0) is 19.1 Å². The van der Waals surface area contributed by atoms with Crippen molar-refractivity contribution in [2.75, 3.05) is 6.61 Å². The zero-order valence-electron chi connectivity index (χ0n) is 20.3. The average molecular weight is 429 g/mol. The molecular weight excluding hydrogens is 388 g/mol. The summed E-state index contributed by atoms with van der Waals surface area (Å²) in [5, 5.41) is 0. The largest absolute Gasteiger partial charge is 0.457 e.